The van der Waals surface area contributed by atoms with Crippen LogP contribution >= 0.6 is 11.3 Å². The van der Waals surface area contributed by atoms with Crippen LogP contribution in [0.3, 0.4) is 0 Å². The Bertz CT molecular complexity index is 596. The maximum Gasteiger partial charge on any atom is 0.303 e. The lowest BCUT2D eigenvalue weighted by atomic mass is 9.95. The second-order valence-corrected chi connectivity index (χ2v) is 6.15. The number of aromatic nitrogens is 2. The van der Waals surface area contributed by atoms with E-state index in [2.05, 4.69) is 15.0 Å². The van der Waals surface area contributed by atoms with Gasteiger partial charge in [0, 0.05) is 18.3 Å². The molecule has 1 aliphatic heterocycles. The lowest BCUT2D eigenvalue weighted by Gasteiger charge is -2.30. The third-order valence-corrected chi connectivity index (χ3v) is 4.35. The number of nitrogens with zero attached hydrogens (tertiary/aromatic N) is 3. The highest BCUT2D eigenvalue weighted by molar-refractivity contribution is 7.08. The van der Waals surface area contributed by atoms with Crippen LogP contribution in [0, 0.1) is 5.92 Å². The summed E-state index contributed by atoms with van der Waals surface area (Å²) in [5.41, 5.74) is 0.946. The Labute approximate surface area is 126 Å². The molecule has 1 unspecified atom stereocenters. The van der Waals surface area contributed by atoms with Gasteiger partial charge in [-0.25, -0.2) is 0 Å². The maximum atomic E-state index is 10.8. The molecule has 7 heteroatoms. The van der Waals surface area contributed by atoms with Gasteiger partial charge in [0.25, 0.3) is 5.89 Å². The van der Waals surface area contributed by atoms with E-state index in [0.717, 1.165) is 31.5 Å². The van der Waals surface area contributed by atoms with Crippen LogP contribution < -0.4 is 0 Å². The Hall–Kier alpha value is -1.73. The summed E-state index contributed by atoms with van der Waals surface area (Å²) in [7, 11) is 0. The smallest absolute Gasteiger partial charge is 0.303 e. The molecule has 0 amide bonds. The largest absolute Gasteiger partial charge is 0.481 e. The predicted octanol–water partition coefficient (Wildman–Crippen LogP) is 2.48. The van der Waals surface area contributed by atoms with E-state index in [1.807, 2.05) is 16.8 Å². The van der Waals surface area contributed by atoms with E-state index in [1.54, 1.807) is 11.3 Å². The van der Waals surface area contributed by atoms with Gasteiger partial charge in [0.2, 0.25) is 0 Å². The number of aliphatic carboxylic acids is 1. The summed E-state index contributed by atoms with van der Waals surface area (Å²) in [6, 6.07) is 1.95. The molecule has 1 atom stereocenters. The highest BCUT2D eigenvalue weighted by Gasteiger charge is 2.23. The zero-order chi connectivity index (χ0) is 14.7. The zero-order valence-corrected chi connectivity index (χ0v) is 12.4. The van der Waals surface area contributed by atoms with Crippen molar-refractivity contribution in [2.45, 2.75) is 25.8 Å². The molecule has 1 fully saturated rings. The van der Waals surface area contributed by atoms with Crippen LogP contribution in [-0.4, -0.2) is 39.2 Å². The van der Waals surface area contributed by atoms with Crippen LogP contribution in [0.5, 0.6) is 0 Å². The molecule has 2 aromatic rings. The van der Waals surface area contributed by atoms with Crippen LogP contribution in [0.15, 0.2) is 21.3 Å². The van der Waals surface area contributed by atoms with Crippen LogP contribution in [0.2, 0.25) is 0 Å². The Morgan fingerprint density at radius 3 is 3.24 bits per heavy atom. The second kappa shape index (κ2) is 6.36. The minimum Gasteiger partial charge on any atom is -0.481 e. The fourth-order valence-electron chi connectivity index (χ4n) is 2.73. The fraction of sp³-hybridized carbons (Fsp3) is 0.500. The van der Waals surface area contributed by atoms with Crippen LogP contribution in [-0.2, 0) is 11.3 Å². The number of hydrogen-bond acceptors (Lipinski definition) is 6. The summed E-state index contributed by atoms with van der Waals surface area (Å²) in [4.78, 5) is 17.4. The van der Waals surface area contributed by atoms with Gasteiger partial charge in [0.15, 0.2) is 5.82 Å². The number of hydrogen-bond donors (Lipinski definition) is 1. The Balaban J connectivity index is 1.60. The molecule has 21 heavy (non-hydrogen) atoms. The topological polar surface area (TPSA) is 79.5 Å². The first-order valence-corrected chi connectivity index (χ1v) is 7.94. The van der Waals surface area contributed by atoms with Gasteiger partial charge >= 0.3 is 5.97 Å². The van der Waals surface area contributed by atoms with E-state index in [0.29, 0.717) is 18.3 Å². The molecule has 0 radical (unpaired) electrons. The Kier molecular flexibility index (Phi) is 4.31. The normalized spacial score (nSPS) is 19.7. The molecule has 1 aliphatic rings. The number of carbonyl (C=O) groups is 1. The number of carboxylic acids is 1. The van der Waals surface area contributed by atoms with Crippen LogP contribution in [0.25, 0.3) is 11.5 Å². The molecule has 112 valence electrons. The molecule has 3 heterocycles. The fourth-order valence-corrected chi connectivity index (χ4v) is 3.36. The average Bonchev–Trinajstić information content (AvgIpc) is 3.08. The monoisotopic (exact) mass is 307 g/mol. The van der Waals surface area contributed by atoms with E-state index in [4.69, 9.17) is 9.63 Å². The molecule has 6 nitrogen and oxygen atoms in total. The number of carboxylic acid groups (broad SMARTS) is 1. The van der Waals surface area contributed by atoms with E-state index in [9.17, 15) is 4.79 Å². The molecule has 0 bridgehead atoms. The summed E-state index contributed by atoms with van der Waals surface area (Å²) in [5, 5.41) is 16.9. The minimum absolute atomic E-state index is 0.222. The van der Waals surface area contributed by atoms with Gasteiger partial charge in [-0.1, -0.05) is 5.16 Å². The van der Waals surface area contributed by atoms with Gasteiger partial charge < -0.3 is 9.63 Å². The third kappa shape index (κ3) is 3.68. The summed E-state index contributed by atoms with van der Waals surface area (Å²) in [6.45, 7) is 2.36. The first kappa shape index (κ1) is 14.2. The molecule has 2 aromatic heterocycles. The summed E-state index contributed by atoms with van der Waals surface area (Å²) < 4.78 is 5.27. The van der Waals surface area contributed by atoms with Crippen molar-refractivity contribution in [1.82, 2.24) is 15.0 Å². The summed E-state index contributed by atoms with van der Waals surface area (Å²) >= 11 is 1.59. The van der Waals surface area contributed by atoms with Crippen molar-refractivity contribution in [3.8, 4) is 11.5 Å². The first-order valence-electron chi connectivity index (χ1n) is 7.00. The molecular weight excluding hydrogens is 290 g/mol. The summed E-state index contributed by atoms with van der Waals surface area (Å²) in [6.07, 6.45) is 2.24. The van der Waals surface area contributed by atoms with Gasteiger partial charge in [-0.15, -0.1) is 0 Å². The molecular formula is C14H17N3O3S. The van der Waals surface area contributed by atoms with E-state index >= 15 is 0 Å². The molecule has 0 aliphatic carbocycles. The first-order chi connectivity index (χ1) is 10.2. The number of rotatable bonds is 5. The van der Waals surface area contributed by atoms with Crippen molar-refractivity contribution in [2.75, 3.05) is 13.1 Å². The molecule has 1 saturated heterocycles. The second-order valence-electron chi connectivity index (χ2n) is 5.37. The van der Waals surface area contributed by atoms with E-state index < -0.39 is 5.97 Å². The van der Waals surface area contributed by atoms with Crippen LogP contribution in [0.4, 0.5) is 0 Å². The molecule has 3 rings (SSSR count). The Morgan fingerprint density at radius 2 is 2.48 bits per heavy atom. The third-order valence-electron chi connectivity index (χ3n) is 3.67. The zero-order valence-electron chi connectivity index (χ0n) is 11.6. The van der Waals surface area contributed by atoms with Gasteiger partial charge in [-0.05, 0) is 36.8 Å². The van der Waals surface area contributed by atoms with Crippen molar-refractivity contribution >= 4 is 17.3 Å². The molecule has 1 N–H and O–H groups in total. The highest BCUT2D eigenvalue weighted by Crippen LogP contribution is 2.23. The van der Waals surface area contributed by atoms with Crippen LogP contribution in [0.1, 0.15) is 25.1 Å². The number of likely N-dealkylation sites (tertiary alicyclic amines) is 1. The number of piperidine rings is 1. The minimum atomic E-state index is -0.721. The SMILES string of the molecule is O=C(O)CC1CCCN(Cc2noc(-c3ccsc3)n2)C1. The van der Waals surface area contributed by atoms with Crippen molar-refractivity contribution in [3.63, 3.8) is 0 Å². The van der Waals surface area contributed by atoms with Crippen molar-refractivity contribution in [2.24, 2.45) is 5.92 Å². The van der Waals surface area contributed by atoms with Crippen molar-refractivity contribution in [3.05, 3.63) is 22.7 Å². The maximum absolute atomic E-state index is 10.8. The standard InChI is InChI=1S/C14H17N3O3S/c18-13(19)6-10-2-1-4-17(7-10)8-12-15-14(20-16-12)11-3-5-21-9-11/h3,5,9-10H,1-2,4,6-8H2,(H,18,19). The van der Waals surface area contributed by atoms with Gasteiger partial charge in [-0.2, -0.15) is 16.3 Å². The van der Waals surface area contributed by atoms with Gasteiger partial charge in [-0.3, -0.25) is 9.69 Å². The van der Waals surface area contributed by atoms with Gasteiger partial charge in [0.1, 0.15) is 0 Å². The van der Waals surface area contributed by atoms with Gasteiger partial charge in [0.05, 0.1) is 12.1 Å². The summed E-state index contributed by atoms with van der Waals surface area (Å²) in [5.74, 6) is 0.707. The van der Waals surface area contributed by atoms with Crippen molar-refractivity contribution < 1.29 is 14.4 Å². The highest BCUT2D eigenvalue weighted by atomic mass is 32.1. The van der Waals surface area contributed by atoms with Crippen molar-refractivity contribution in [1.29, 1.82) is 0 Å². The van der Waals surface area contributed by atoms with E-state index in [1.165, 1.54) is 0 Å². The lowest BCUT2D eigenvalue weighted by molar-refractivity contribution is -0.138. The molecule has 0 saturated carbocycles. The number of thiophene rings is 1. The van der Waals surface area contributed by atoms with E-state index in [-0.39, 0.29) is 12.3 Å². The quantitative estimate of drug-likeness (QED) is 0.914. The lowest BCUT2D eigenvalue weighted by Crippen LogP contribution is -2.36. The molecule has 0 aromatic carbocycles. The molecule has 0 spiro atoms. The average molecular weight is 307 g/mol. The Morgan fingerprint density at radius 1 is 1.57 bits per heavy atom. The predicted molar refractivity (Wildman–Crippen MR) is 77.9 cm³/mol.